The van der Waals surface area contributed by atoms with Crippen LogP contribution < -0.4 is 5.32 Å². The van der Waals surface area contributed by atoms with Gasteiger partial charge in [-0.15, -0.1) is 11.3 Å². The van der Waals surface area contributed by atoms with Gasteiger partial charge in [0.2, 0.25) is 0 Å². The fourth-order valence-electron chi connectivity index (χ4n) is 2.88. The van der Waals surface area contributed by atoms with Gasteiger partial charge in [0, 0.05) is 22.1 Å². The molecule has 0 unspecified atom stereocenters. The first-order valence-corrected chi connectivity index (χ1v) is 11.0. The number of carbonyl (C=O) groups excluding carboxylic acids is 1. The van der Waals surface area contributed by atoms with E-state index in [0.29, 0.717) is 11.3 Å². The standard InChI is InChI=1S/C21H19N5O2S.C2H6/c1-4-18-19(25-21(29-18)16-9-12(2)28-26-16)14-5-7-15(8-6-14)20(27)24-17-10-22-11-23-13(17)3;1-2/h5-11H,4H2,1-3H3,(H,24,27);1-2H3. The second-order valence-electron chi connectivity index (χ2n) is 6.52. The molecule has 1 amide bonds. The topological polar surface area (TPSA) is 93.8 Å². The highest BCUT2D eigenvalue weighted by Gasteiger charge is 2.16. The molecule has 0 fully saturated rings. The van der Waals surface area contributed by atoms with Crippen molar-refractivity contribution in [2.45, 2.75) is 41.0 Å². The van der Waals surface area contributed by atoms with Crippen LogP contribution in [0.4, 0.5) is 5.69 Å². The molecule has 3 heterocycles. The summed E-state index contributed by atoms with van der Waals surface area (Å²) in [6.07, 6.45) is 3.90. The van der Waals surface area contributed by atoms with Crippen molar-refractivity contribution in [3.63, 3.8) is 0 Å². The van der Waals surface area contributed by atoms with Crippen molar-refractivity contribution in [2.24, 2.45) is 0 Å². The van der Waals surface area contributed by atoms with Gasteiger partial charge in [-0.3, -0.25) is 4.79 Å². The molecule has 8 heteroatoms. The molecule has 160 valence electrons. The maximum absolute atomic E-state index is 12.5. The van der Waals surface area contributed by atoms with Gasteiger partial charge < -0.3 is 9.84 Å². The average molecular weight is 436 g/mol. The number of aryl methyl sites for hydroxylation is 3. The van der Waals surface area contributed by atoms with E-state index in [0.717, 1.165) is 44.7 Å². The Bertz CT molecular complexity index is 1160. The van der Waals surface area contributed by atoms with Crippen LogP contribution in [0.15, 0.2) is 47.4 Å². The van der Waals surface area contributed by atoms with E-state index in [1.165, 1.54) is 6.33 Å². The number of nitrogens with one attached hydrogen (secondary N) is 1. The highest BCUT2D eigenvalue weighted by molar-refractivity contribution is 7.15. The minimum atomic E-state index is -0.206. The van der Waals surface area contributed by atoms with Crippen molar-refractivity contribution in [1.82, 2.24) is 20.1 Å². The van der Waals surface area contributed by atoms with E-state index in [9.17, 15) is 4.79 Å². The molecule has 31 heavy (non-hydrogen) atoms. The van der Waals surface area contributed by atoms with Crippen LogP contribution in [0.3, 0.4) is 0 Å². The van der Waals surface area contributed by atoms with E-state index in [1.807, 2.05) is 45.9 Å². The number of rotatable bonds is 5. The Morgan fingerprint density at radius 1 is 1.16 bits per heavy atom. The summed E-state index contributed by atoms with van der Waals surface area (Å²) in [7, 11) is 0. The monoisotopic (exact) mass is 435 g/mol. The Morgan fingerprint density at radius 2 is 1.90 bits per heavy atom. The van der Waals surface area contributed by atoms with Gasteiger partial charge in [0.05, 0.1) is 23.3 Å². The Labute approximate surface area is 185 Å². The SMILES string of the molecule is CC.CCc1sc(-c2cc(C)on2)nc1-c1ccc(C(=O)Nc2cncnc2C)cc1. The lowest BCUT2D eigenvalue weighted by atomic mass is 10.1. The first-order valence-electron chi connectivity index (χ1n) is 10.2. The average Bonchev–Trinajstić information content (AvgIpc) is 3.43. The molecular weight excluding hydrogens is 410 g/mol. The molecule has 1 N–H and O–H groups in total. The van der Waals surface area contributed by atoms with Gasteiger partial charge in [0.25, 0.3) is 5.91 Å². The lowest BCUT2D eigenvalue weighted by molar-refractivity contribution is 0.102. The van der Waals surface area contributed by atoms with Crippen molar-refractivity contribution in [3.8, 4) is 22.0 Å². The lowest BCUT2D eigenvalue weighted by Crippen LogP contribution is -2.13. The second kappa shape index (κ2) is 10.1. The molecule has 0 atom stereocenters. The Morgan fingerprint density at radius 3 is 2.52 bits per heavy atom. The number of aromatic nitrogens is 4. The van der Waals surface area contributed by atoms with Gasteiger partial charge in [-0.1, -0.05) is 38.1 Å². The van der Waals surface area contributed by atoms with E-state index in [1.54, 1.807) is 29.7 Å². The largest absolute Gasteiger partial charge is 0.361 e. The van der Waals surface area contributed by atoms with E-state index in [4.69, 9.17) is 9.51 Å². The highest BCUT2D eigenvalue weighted by Crippen LogP contribution is 2.34. The molecule has 4 aromatic rings. The van der Waals surface area contributed by atoms with Crippen LogP contribution in [0, 0.1) is 13.8 Å². The van der Waals surface area contributed by atoms with E-state index in [2.05, 4.69) is 27.4 Å². The number of benzene rings is 1. The molecule has 3 aromatic heterocycles. The zero-order valence-electron chi connectivity index (χ0n) is 18.3. The van der Waals surface area contributed by atoms with Gasteiger partial charge >= 0.3 is 0 Å². The summed E-state index contributed by atoms with van der Waals surface area (Å²) in [5.41, 5.74) is 4.48. The molecule has 0 saturated heterocycles. The van der Waals surface area contributed by atoms with Crippen LogP contribution >= 0.6 is 11.3 Å². The number of hydrogen-bond donors (Lipinski definition) is 1. The van der Waals surface area contributed by atoms with Gasteiger partial charge in [0.1, 0.15) is 22.8 Å². The van der Waals surface area contributed by atoms with E-state index < -0.39 is 0 Å². The molecule has 0 aliphatic heterocycles. The van der Waals surface area contributed by atoms with Crippen LogP contribution in [-0.2, 0) is 6.42 Å². The summed E-state index contributed by atoms with van der Waals surface area (Å²) in [6, 6.07) is 9.29. The summed E-state index contributed by atoms with van der Waals surface area (Å²) in [6.45, 7) is 9.78. The van der Waals surface area contributed by atoms with Gasteiger partial charge in [-0.2, -0.15) is 0 Å². The third kappa shape index (κ3) is 5.03. The second-order valence-corrected chi connectivity index (χ2v) is 7.60. The summed E-state index contributed by atoms with van der Waals surface area (Å²) < 4.78 is 5.17. The quantitative estimate of drug-likeness (QED) is 0.431. The molecule has 0 saturated carbocycles. The number of nitrogens with zero attached hydrogens (tertiary/aromatic N) is 4. The third-order valence-electron chi connectivity index (χ3n) is 4.45. The van der Waals surface area contributed by atoms with E-state index >= 15 is 0 Å². The molecule has 0 aliphatic carbocycles. The molecule has 4 rings (SSSR count). The number of anilines is 1. The van der Waals surface area contributed by atoms with Crippen LogP contribution in [-0.4, -0.2) is 26.0 Å². The van der Waals surface area contributed by atoms with Crippen LogP contribution in [0.2, 0.25) is 0 Å². The Balaban J connectivity index is 0.00000132. The molecular formula is C23H25N5O2S. The first kappa shape index (κ1) is 22.3. The number of carbonyl (C=O) groups is 1. The smallest absolute Gasteiger partial charge is 0.255 e. The summed E-state index contributed by atoms with van der Waals surface area (Å²) in [5, 5.41) is 7.73. The number of hydrogen-bond acceptors (Lipinski definition) is 7. The normalized spacial score (nSPS) is 10.4. The molecule has 7 nitrogen and oxygen atoms in total. The van der Waals surface area contributed by atoms with Crippen LogP contribution in [0.1, 0.15) is 47.5 Å². The molecule has 0 bridgehead atoms. The van der Waals surface area contributed by atoms with E-state index in [-0.39, 0.29) is 5.91 Å². The maximum Gasteiger partial charge on any atom is 0.255 e. The Kier molecular flexibility index (Phi) is 7.25. The zero-order chi connectivity index (χ0) is 22.4. The third-order valence-corrected chi connectivity index (χ3v) is 5.67. The fraction of sp³-hybridized carbons (Fsp3) is 0.261. The predicted octanol–water partition coefficient (Wildman–Crippen LogP) is 5.71. The predicted molar refractivity (Wildman–Crippen MR) is 123 cm³/mol. The lowest BCUT2D eigenvalue weighted by Gasteiger charge is -2.07. The van der Waals surface area contributed by atoms with Crippen molar-refractivity contribution >= 4 is 22.9 Å². The summed E-state index contributed by atoms with van der Waals surface area (Å²) in [5.74, 6) is 0.548. The minimum absolute atomic E-state index is 0.206. The molecule has 0 radical (unpaired) electrons. The highest BCUT2D eigenvalue weighted by atomic mass is 32.1. The molecule has 0 aliphatic rings. The van der Waals surface area contributed by atoms with Crippen molar-refractivity contribution in [2.75, 3.05) is 5.32 Å². The Hall–Kier alpha value is -3.39. The molecule has 1 aromatic carbocycles. The number of amides is 1. The summed E-state index contributed by atoms with van der Waals surface area (Å²) in [4.78, 5) is 26.5. The van der Waals surface area contributed by atoms with Crippen LogP contribution in [0.5, 0.6) is 0 Å². The van der Waals surface area contributed by atoms with Crippen molar-refractivity contribution < 1.29 is 9.32 Å². The van der Waals surface area contributed by atoms with Gasteiger partial charge in [-0.05, 0) is 32.4 Å². The summed E-state index contributed by atoms with van der Waals surface area (Å²) >= 11 is 1.61. The van der Waals surface area contributed by atoms with Gasteiger partial charge in [-0.25, -0.2) is 15.0 Å². The first-order chi connectivity index (χ1) is 15.0. The number of thiazole rings is 1. The minimum Gasteiger partial charge on any atom is -0.361 e. The van der Waals surface area contributed by atoms with Crippen molar-refractivity contribution in [3.05, 3.63) is 64.8 Å². The molecule has 0 spiro atoms. The maximum atomic E-state index is 12.5. The van der Waals surface area contributed by atoms with Crippen molar-refractivity contribution in [1.29, 1.82) is 0 Å². The van der Waals surface area contributed by atoms with Gasteiger partial charge in [0.15, 0.2) is 0 Å². The van der Waals surface area contributed by atoms with Crippen LogP contribution in [0.25, 0.3) is 22.0 Å². The fourth-order valence-corrected chi connectivity index (χ4v) is 3.86. The zero-order valence-corrected chi connectivity index (χ0v) is 19.1.